The number of sulfonamides is 1. The van der Waals surface area contributed by atoms with E-state index in [-0.39, 0.29) is 18.7 Å². The molecule has 1 unspecified atom stereocenters. The monoisotopic (exact) mass is 301 g/mol. The molecule has 1 aromatic carbocycles. The summed E-state index contributed by atoms with van der Waals surface area (Å²) in [5.41, 5.74) is 0.986. The lowest BCUT2D eigenvalue weighted by Crippen LogP contribution is -2.35. The summed E-state index contributed by atoms with van der Waals surface area (Å²) in [6, 6.07) is 9.44. The molecule has 0 spiro atoms. The van der Waals surface area contributed by atoms with Crippen molar-refractivity contribution in [3.63, 3.8) is 0 Å². The molecule has 0 aliphatic heterocycles. The van der Waals surface area contributed by atoms with Gasteiger partial charge in [-0.2, -0.15) is 0 Å². The zero-order valence-electron chi connectivity index (χ0n) is 11.3. The second kappa shape index (κ2) is 7.98. The maximum Gasteiger partial charge on any atom is 0.304 e. The minimum atomic E-state index is -3.55. The van der Waals surface area contributed by atoms with Crippen molar-refractivity contribution >= 4 is 16.0 Å². The Balaban J connectivity index is 2.52. The molecule has 2 N–H and O–H groups in total. The van der Waals surface area contributed by atoms with Crippen molar-refractivity contribution in [1.29, 1.82) is 0 Å². The molecule has 0 amide bonds. The minimum Gasteiger partial charge on any atom is -0.481 e. The molecule has 7 heteroatoms. The molecule has 0 aliphatic carbocycles. The maximum absolute atomic E-state index is 11.8. The van der Waals surface area contributed by atoms with Crippen molar-refractivity contribution in [2.45, 2.75) is 18.9 Å². The molecular formula is C13H19NO5S. The van der Waals surface area contributed by atoms with Crippen molar-refractivity contribution < 1.29 is 23.1 Å². The predicted octanol–water partition coefficient (Wildman–Crippen LogP) is 0.638. The fourth-order valence-corrected chi connectivity index (χ4v) is 2.98. The molecule has 0 bridgehead atoms. The standard InChI is InChI=1S/C13H19NO5S/c1-19-12(9-11-5-3-2-4-6-11)10-20(17,18)14-8-7-13(15)16/h2-6,12,14H,7-10H2,1H3,(H,15,16). The van der Waals surface area contributed by atoms with E-state index in [2.05, 4.69) is 4.72 Å². The van der Waals surface area contributed by atoms with Crippen LogP contribution in [0.2, 0.25) is 0 Å². The summed E-state index contributed by atoms with van der Waals surface area (Å²) in [4.78, 5) is 10.3. The topological polar surface area (TPSA) is 92.7 Å². The predicted molar refractivity (Wildman–Crippen MR) is 75.0 cm³/mol. The molecular weight excluding hydrogens is 282 g/mol. The van der Waals surface area contributed by atoms with Gasteiger partial charge in [-0.3, -0.25) is 4.79 Å². The third kappa shape index (κ3) is 6.65. The average Bonchev–Trinajstić information content (AvgIpc) is 2.38. The lowest BCUT2D eigenvalue weighted by Gasteiger charge is -2.16. The van der Waals surface area contributed by atoms with E-state index in [1.54, 1.807) is 0 Å². The van der Waals surface area contributed by atoms with Crippen molar-refractivity contribution in [1.82, 2.24) is 4.72 Å². The normalized spacial score (nSPS) is 13.1. The van der Waals surface area contributed by atoms with Gasteiger partial charge in [-0.15, -0.1) is 0 Å². The average molecular weight is 301 g/mol. The molecule has 1 atom stereocenters. The quantitative estimate of drug-likeness (QED) is 0.698. The van der Waals surface area contributed by atoms with Crippen LogP contribution in [-0.4, -0.2) is 45.0 Å². The number of hydrogen-bond acceptors (Lipinski definition) is 4. The Hall–Kier alpha value is -1.44. The van der Waals surface area contributed by atoms with Gasteiger partial charge in [-0.1, -0.05) is 30.3 Å². The summed E-state index contributed by atoms with van der Waals surface area (Å²) in [7, 11) is -2.09. The SMILES string of the molecule is COC(Cc1ccccc1)CS(=O)(=O)NCCC(=O)O. The van der Waals surface area contributed by atoms with E-state index < -0.39 is 22.1 Å². The Labute approximate surface area is 118 Å². The summed E-state index contributed by atoms with van der Waals surface area (Å²) in [6.07, 6.45) is -0.230. The van der Waals surface area contributed by atoms with Gasteiger partial charge in [-0.05, 0) is 12.0 Å². The van der Waals surface area contributed by atoms with Crippen LogP contribution in [0.1, 0.15) is 12.0 Å². The van der Waals surface area contributed by atoms with Crippen molar-refractivity contribution in [2.75, 3.05) is 19.4 Å². The zero-order chi connectivity index (χ0) is 15.0. The highest BCUT2D eigenvalue weighted by Crippen LogP contribution is 2.07. The van der Waals surface area contributed by atoms with Crippen LogP contribution < -0.4 is 4.72 Å². The number of methoxy groups -OCH3 is 1. The van der Waals surface area contributed by atoms with Crippen LogP contribution in [0.4, 0.5) is 0 Å². The number of carboxylic acids is 1. The molecule has 0 fully saturated rings. The second-order valence-electron chi connectivity index (χ2n) is 4.37. The second-order valence-corrected chi connectivity index (χ2v) is 6.22. The summed E-state index contributed by atoms with van der Waals surface area (Å²) in [5, 5.41) is 8.47. The third-order valence-electron chi connectivity index (χ3n) is 2.71. The van der Waals surface area contributed by atoms with Gasteiger partial charge in [0.1, 0.15) is 0 Å². The van der Waals surface area contributed by atoms with Gasteiger partial charge in [0.25, 0.3) is 0 Å². The largest absolute Gasteiger partial charge is 0.481 e. The summed E-state index contributed by atoms with van der Waals surface area (Å²) in [6.45, 7) is -0.112. The van der Waals surface area contributed by atoms with E-state index in [4.69, 9.17) is 9.84 Å². The first-order valence-corrected chi connectivity index (χ1v) is 7.84. The van der Waals surface area contributed by atoms with Crippen molar-refractivity contribution in [3.8, 4) is 0 Å². The molecule has 0 radical (unpaired) electrons. The van der Waals surface area contributed by atoms with Gasteiger partial charge in [0.15, 0.2) is 0 Å². The molecule has 1 rings (SSSR count). The fourth-order valence-electron chi connectivity index (χ4n) is 1.70. The molecule has 0 aromatic heterocycles. The Morgan fingerprint density at radius 1 is 1.35 bits per heavy atom. The van der Waals surface area contributed by atoms with Crippen LogP contribution in [0.15, 0.2) is 30.3 Å². The number of nitrogens with one attached hydrogen (secondary N) is 1. The number of hydrogen-bond donors (Lipinski definition) is 2. The van der Waals surface area contributed by atoms with E-state index in [0.717, 1.165) is 5.56 Å². The van der Waals surface area contributed by atoms with Gasteiger partial charge < -0.3 is 9.84 Å². The molecule has 0 saturated heterocycles. The minimum absolute atomic E-state index is 0.112. The molecule has 20 heavy (non-hydrogen) atoms. The van der Waals surface area contributed by atoms with Gasteiger partial charge >= 0.3 is 5.97 Å². The van der Waals surface area contributed by atoms with E-state index >= 15 is 0 Å². The van der Waals surface area contributed by atoms with Gasteiger partial charge in [0.2, 0.25) is 10.0 Å². The van der Waals surface area contributed by atoms with Crippen LogP contribution in [0.25, 0.3) is 0 Å². The number of aliphatic carboxylic acids is 1. The van der Waals surface area contributed by atoms with E-state index in [1.807, 2.05) is 30.3 Å². The lowest BCUT2D eigenvalue weighted by molar-refractivity contribution is -0.136. The highest BCUT2D eigenvalue weighted by molar-refractivity contribution is 7.89. The number of benzene rings is 1. The molecule has 112 valence electrons. The number of rotatable bonds is 9. The van der Waals surface area contributed by atoms with Gasteiger partial charge in [-0.25, -0.2) is 13.1 Å². The fraction of sp³-hybridized carbons (Fsp3) is 0.462. The maximum atomic E-state index is 11.8. The van der Waals surface area contributed by atoms with Crippen LogP contribution in [0.5, 0.6) is 0 Å². The van der Waals surface area contributed by atoms with Crippen molar-refractivity contribution in [2.24, 2.45) is 0 Å². The van der Waals surface area contributed by atoms with Crippen LogP contribution in [0, 0.1) is 0 Å². The Kier molecular flexibility index (Phi) is 6.63. The molecule has 1 aromatic rings. The highest BCUT2D eigenvalue weighted by Gasteiger charge is 2.19. The van der Waals surface area contributed by atoms with E-state index in [9.17, 15) is 13.2 Å². The zero-order valence-corrected chi connectivity index (χ0v) is 12.1. The molecule has 0 saturated carbocycles. The lowest BCUT2D eigenvalue weighted by atomic mass is 10.1. The molecule has 0 heterocycles. The first kappa shape index (κ1) is 16.6. The van der Waals surface area contributed by atoms with Crippen molar-refractivity contribution in [3.05, 3.63) is 35.9 Å². The van der Waals surface area contributed by atoms with Crippen LogP contribution in [0.3, 0.4) is 0 Å². The Morgan fingerprint density at radius 2 is 2.00 bits per heavy atom. The first-order valence-electron chi connectivity index (χ1n) is 6.19. The smallest absolute Gasteiger partial charge is 0.304 e. The summed E-state index contributed by atoms with van der Waals surface area (Å²) < 4.78 is 31.0. The van der Waals surface area contributed by atoms with Gasteiger partial charge in [0.05, 0.1) is 18.3 Å². The highest BCUT2D eigenvalue weighted by atomic mass is 32.2. The van der Waals surface area contributed by atoms with Crippen LogP contribution in [-0.2, 0) is 26.0 Å². The Morgan fingerprint density at radius 3 is 2.55 bits per heavy atom. The Bertz CT molecular complexity index is 515. The number of carboxylic acid groups (broad SMARTS) is 1. The van der Waals surface area contributed by atoms with Crippen LogP contribution >= 0.6 is 0 Å². The summed E-state index contributed by atoms with van der Waals surface area (Å²) >= 11 is 0. The molecule has 0 aliphatic rings. The van der Waals surface area contributed by atoms with Gasteiger partial charge in [0, 0.05) is 13.7 Å². The van der Waals surface area contributed by atoms with E-state index in [0.29, 0.717) is 6.42 Å². The number of carbonyl (C=O) groups is 1. The third-order valence-corrected chi connectivity index (χ3v) is 4.16. The number of ether oxygens (including phenoxy) is 1. The van der Waals surface area contributed by atoms with E-state index in [1.165, 1.54) is 7.11 Å². The first-order chi connectivity index (χ1) is 9.43. The molecule has 6 nitrogen and oxygen atoms in total. The summed E-state index contributed by atoms with van der Waals surface area (Å²) in [5.74, 6) is -1.24.